The summed E-state index contributed by atoms with van der Waals surface area (Å²) in [5, 5.41) is 8.41. The zero-order valence-electron chi connectivity index (χ0n) is 8.63. The van der Waals surface area contributed by atoms with Gasteiger partial charge >= 0.3 is 5.97 Å². The van der Waals surface area contributed by atoms with Crippen LogP contribution in [0.1, 0.15) is 27.2 Å². The van der Waals surface area contributed by atoms with Crippen molar-refractivity contribution < 1.29 is 14.7 Å². The molecule has 1 N–H and O–H groups in total. The number of amides is 1. The Kier molecular flexibility index (Phi) is 3.91. The van der Waals surface area contributed by atoms with Crippen LogP contribution in [0.5, 0.6) is 0 Å². The summed E-state index contributed by atoms with van der Waals surface area (Å²) in [5.41, 5.74) is -0.437. The minimum Gasteiger partial charge on any atom is -0.481 e. The summed E-state index contributed by atoms with van der Waals surface area (Å²) in [5.74, 6) is -0.915. The maximum atomic E-state index is 11.5. The Morgan fingerprint density at radius 3 is 2.08 bits per heavy atom. The van der Waals surface area contributed by atoms with Gasteiger partial charge in [-0.25, -0.2) is 0 Å². The van der Waals surface area contributed by atoms with Crippen molar-refractivity contribution in [3.05, 3.63) is 0 Å². The molecule has 0 unspecified atom stereocenters. The molecular weight excluding hydrogens is 170 g/mol. The minimum absolute atomic E-state index is 0.00167. The van der Waals surface area contributed by atoms with Gasteiger partial charge in [-0.1, -0.05) is 20.8 Å². The van der Waals surface area contributed by atoms with E-state index in [1.54, 1.807) is 7.05 Å². The van der Waals surface area contributed by atoms with Crippen LogP contribution in [0.15, 0.2) is 0 Å². The van der Waals surface area contributed by atoms with E-state index in [0.717, 1.165) is 0 Å². The molecule has 0 heterocycles. The molecule has 0 rings (SSSR count). The van der Waals surface area contributed by atoms with Crippen molar-refractivity contribution in [3.63, 3.8) is 0 Å². The molecule has 0 aromatic carbocycles. The van der Waals surface area contributed by atoms with Gasteiger partial charge in [0.25, 0.3) is 0 Å². The summed E-state index contributed by atoms with van der Waals surface area (Å²) in [6, 6.07) is 0. The smallest absolute Gasteiger partial charge is 0.305 e. The van der Waals surface area contributed by atoms with Gasteiger partial charge in [0.15, 0.2) is 0 Å². The summed E-state index contributed by atoms with van der Waals surface area (Å²) in [6.07, 6.45) is -0.00167. The SMILES string of the molecule is CN(CCC(=O)O)C(=O)C(C)(C)C. The molecule has 0 spiro atoms. The molecule has 13 heavy (non-hydrogen) atoms. The lowest BCUT2D eigenvalue weighted by Gasteiger charge is -2.25. The summed E-state index contributed by atoms with van der Waals surface area (Å²) in [7, 11) is 1.62. The Bertz CT molecular complexity index is 205. The first-order valence-electron chi connectivity index (χ1n) is 4.22. The highest BCUT2D eigenvalue weighted by atomic mass is 16.4. The van der Waals surface area contributed by atoms with Crippen LogP contribution in [0.2, 0.25) is 0 Å². The third-order valence-electron chi connectivity index (χ3n) is 1.65. The Labute approximate surface area is 78.5 Å². The van der Waals surface area contributed by atoms with Crippen molar-refractivity contribution in [2.75, 3.05) is 13.6 Å². The second-order valence-electron chi connectivity index (χ2n) is 4.12. The van der Waals surface area contributed by atoms with Crippen LogP contribution in [0.3, 0.4) is 0 Å². The molecule has 0 aliphatic rings. The number of carbonyl (C=O) groups excluding carboxylic acids is 1. The van der Waals surface area contributed by atoms with E-state index in [-0.39, 0.29) is 18.9 Å². The fourth-order valence-electron chi connectivity index (χ4n) is 0.937. The molecule has 0 radical (unpaired) electrons. The third-order valence-corrected chi connectivity index (χ3v) is 1.65. The lowest BCUT2D eigenvalue weighted by molar-refractivity contribution is -0.140. The largest absolute Gasteiger partial charge is 0.481 e. The summed E-state index contributed by atoms with van der Waals surface area (Å²) in [6.45, 7) is 5.71. The van der Waals surface area contributed by atoms with Crippen molar-refractivity contribution in [1.82, 2.24) is 4.90 Å². The standard InChI is InChI=1S/C9H17NO3/c1-9(2,3)8(13)10(4)6-5-7(11)12/h5-6H2,1-4H3,(H,11,12). The third kappa shape index (κ3) is 4.50. The molecule has 0 atom stereocenters. The van der Waals surface area contributed by atoms with Crippen LogP contribution in [0.4, 0.5) is 0 Å². The summed E-state index contributed by atoms with van der Waals surface area (Å²) < 4.78 is 0. The summed E-state index contributed by atoms with van der Waals surface area (Å²) >= 11 is 0. The quantitative estimate of drug-likeness (QED) is 0.716. The number of aliphatic carboxylic acids is 1. The summed E-state index contributed by atoms with van der Waals surface area (Å²) in [4.78, 5) is 23.2. The molecule has 0 aliphatic heterocycles. The number of rotatable bonds is 3. The van der Waals surface area contributed by atoms with Gasteiger partial charge < -0.3 is 10.0 Å². The van der Waals surface area contributed by atoms with Crippen molar-refractivity contribution in [2.24, 2.45) is 5.41 Å². The van der Waals surface area contributed by atoms with E-state index in [1.807, 2.05) is 20.8 Å². The predicted molar refractivity (Wildman–Crippen MR) is 49.3 cm³/mol. The first-order valence-corrected chi connectivity index (χ1v) is 4.22. The maximum absolute atomic E-state index is 11.5. The van der Waals surface area contributed by atoms with Gasteiger partial charge in [0, 0.05) is 19.0 Å². The average Bonchev–Trinajstić information content (AvgIpc) is 1.96. The van der Waals surface area contributed by atoms with Crippen LogP contribution in [0.25, 0.3) is 0 Å². The van der Waals surface area contributed by atoms with Gasteiger partial charge in [0.2, 0.25) is 5.91 Å². The van der Waals surface area contributed by atoms with Crippen molar-refractivity contribution in [1.29, 1.82) is 0 Å². The highest BCUT2D eigenvalue weighted by Crippen LogP contribution is 2.16. The average molecular weight is 187 g/mol. The van der Waals surface area contributed by atoms with E-state index < -0.39 is 11.4 Å². The number of hydrogen-bond donors (Lipinski definition) is 1. The molecule has 0 saturated carbocycles. The highest BCUT2D eigenvalue weighted by Gasteiger charge is 2.24. The van der Waals surface area contributed by atoms with Gasteiger partial charge in [-0.15, -0.1) is 0 Å². The second kappa shape index (κ2) is 4.25. The first-order chi connectivity index (χ1) is 5.75. The highest BCUT2D eigenvalue weighted by molar-refractivity contribution is 5.81. The number of carboxylic acids is 1. The topological polar surface area (TPSA) is 57.6 Å². The molecule has 1 amide bonds. The molecule has 0 aromatic heterocycles. The van der Waals surface area contributed by atoms with Crippen molar-refractivity contribution in [3.8, 4) is 0 Å². The van der Waals surface area contributed by atoms with Crippen LogP contribution >= 0.6 is 0 Å². The molecule has 0 bridgehead atoms. The Morgan fingerprint density at radius 1 is 1.31 bits per heavy atom. The Morgan fingerprint density at radius 2 is 1.77 bits per heavy atom. The van der Waals surface area contributed by atoms with E-state index in [4.69, 9.17) is 5.11 Å². The monoisotopic (exact) mass is 187 g/mol. The molecule has 0 aliphatic carbocycles. The normalized spacial score (nSPS) is 11.1. The fraction of sp³-hybridized carbons (Fsp3) is 0.778. The molecule has 4 heteroatoms. The number of hydrogen-bond acceptors (Lipinski definition) is 2. The Balaban J connectivity index is 4.05. The zero-order chi connectivity index (χ0) is 10.6. The lowest BCUT2D eigenvalue weighted by atomic mass is 9.95. The van der Waals surface area contributed by atoms with Crippen LogP contribution in [-0.4, -0.2) is 35.5 Å². The fourth-order valence-corrected chi connectivity index (χ4v) is 0.937. The van der Waals surface area contributed by atoms with Gasteiger partial charge in [-0.05, 0) is 0 Å². The maximum Gasteiger partial charge on any atom is 0.305 e. The molecule has 0 fully saturated rings. The molecule has 4 nitrogen and oxygen atoms in total. The predicted octanol–water partition coefficient (Wildman–Crippen LogP) is 0.966. The lowest BCUT2D eigenvalue weighted by Crippen LogP contribution is -2.37. The van der Waals surface area contributed by atoms with E-state index >= 15 is 0 Å². The number of carboxylic acid groups (broad SMARTS) is 1. The molecule has 0 saturated heterocycles. The van der Waals surface area contributed by atoms with Crippen molar-refractivity contribution in [2.45, 2.75) is 27.2 Å². The molecule has 76 valence electrons. The van der Waals surface area contributed by atoms with E-state index in [2.05, 4.69) is 0 Å². The number of nitrogens with zero attached hydrogens (tertiary/aromatic N) is 1. The van der Waals surface area contributed by atoms with Gasteiger partial charge in [-0.3, -0.25) is 9.59 Å². The van der Waals surface area contributed by atoms with Crippen LogP contribution < -0.4 is 0 Å². The van der Waals surface area contributed by atoms with Crippen molar-refractivity contribution >= 4 is 11.9 Å². The van der Waals surface area contributed by atoms with E-state index in [1.165, 1.54) is 4.90 Å². The van der Waals surface area contributed by atoms with E-state index in [9.17, 15) is 9.59 Å². The molecule has 0 aromatic rings. The van der Waals surface area contributed by atoms with Gasteiger partial charge in [0.1, 0.15) is 0 Å². The van der Waals surface area contributed by atoms with Crippen LogP contribution in [0, 0.1) is 5.41 Å². The first kappa shape index (κ1) is 11.9. The zero-order valence-corrected chi connectivity index (χ0v) is 8.63. The second-order valence-corrected chi connectivity index (χ2v) is 4.12. The van der Waals surface area contributed by atoms with E-state index in [0.29, 0.717) is 0 Å². The van der Waals surface area contributed by atoms with Gasteiger partial charge in [0.05, 0.1) is 6.42 Å². The van der Waals surface area contributed by atoms with Gasteiger partial charge in [-0.2, -0.15) is 0 Å². The minimum atomic E-state index is -0.881. The number of carbonyl (C=O) groups is 2. The van der Waals surface area contributed by atoms with Crippen LogP contribution in [-0.2, 0) is 9.59 Å². The Hall–Kier alpha value is -1.06. The molecular formula is C9H17NO3.